The Morgan fingerprint density at radius 1 is 1.25 bits per heavy atom. The lowest BCUT2D eigenvalue weighted by molar-refractivity contribution is 0.624. The normalized spacial score (nSPS) is 10.6. The van der Waals surface area contributed by atoms with Crippen LogP contribution in [0.4, 0.5) is 4.39 Å². The summed E-state index contributed by atoms with van der Waals surface area (Å²) < 4.78 is 12.6. The predicted octanol–water partition coefficient (Wildman–Crippen LogP) is 2.88. The quantitative estimate of drug-likeness (QED) is 0.883. The van der Waals surface area contributed by atoms with Gasteiger partial charge in [-0.15, -0.1) is 11.3 Å². The molecule has 0 atom stereocenters. The molecule has 2 nitrogen and oxygen atoms in total. The van der Waals surface area contributed by atoms with Gasteiger partial charge in [-0.3, -0.25) is 0 Å². The Morgan fingerprint density at radius 3 is 2.62 bits per heavy atom. The molecule has 0 aliphatic carbocycles. The number of thiazole rings is 1. The van der Waals surface area contributed by atoms with Gasteiger partial charge in [0.05, 0.1) is 10.7 Å². The van der Waals surface area contributed by atoms with Gasteiger partial charge < -0.3 is 5.32 Å². The Balaban J connectivity index is 1.82. The minimum atomic E-state index is -0.195. The minimum absolute atomic E-state index is 0.195. The van der Waals surface area contributed by atoms with Crippen molar-refractivity contribution in [1.82, 2.24) is 10.3 Å². The molecule has 1 aromatic carbocycles. The molecule has 1 heterocycles. The van der Waals surface area contributed by atoms with Gasteiger partial charge in [0.15, 0.2) is 0 Å². The highest BCUT2D eigenvalue weighted by Crippen LogP contribution is 2.08. The van der Waals surface area contributed by atoms with Crippen LogP contribution in [0.15, 0.2) is 29.6 Å². The van der Waals surface area contributed by atoms with Crippen molar-refractivity contribution in [2.45, 2.75) is 20.0 Å². The van der Waals surface area contributed by atoms with Gasteiger partial charge in [0, 0.05) is 18.5 Å². The van der Waals surface area contributed by atoms with Gasteiger partial charge in [0.25, 0.3) is 0 Å². The Labute approximate surface area is 98.2 Å². The van der Waals surface area contributed by atoms with E-state index >= 15 is 0 Å². The largest absolute Gasteiger partial charge is 0.307 e. The first-order valence-corrected chi connectivity index (χ1v) is 5.98. The third kappa shape index (κ3) is 3.12. The summed E-state index contributed by atoms with van der Waals surface area (Å²) in [5.74, 6) is -0.195. The second kappa shape index (κ2) is 5.18. The number of rotatable bonds is 4. The maximum absolute atomic E-state index is 12.6. The number of hydrogen-bond acceptors (Lipinski definition) is 3. The van der Waals surface area contributed by atoms with E-state index in [1.165, 1.54) is 12.1 Å². The molecule has 0 amide bonds. The first kappa shape index (κ1) is 11.2. The van der Waals surface area contributed by atoms with Gasteiger partial charge in [-0.1, -0.05) is 12.1 Å². The number of aromatic nitrogens is 1. The SMILES string of the molecule is Cc1nc(CNCc2ccc(F)cc2)cs1. The molecule has 4 heteroatoms. The molecule has 1 N–H and O–H groups in total. The monoisotopic (exact) mass is 236 g/mol. The van der Waals surface area contributed by atoms with Gasteiger partial charge in [-0.05, 0) is 24.6 Å². The van der Waals surface area contributed by atoms with Crippen molar-refractivity contribution in [3.63, 3.8) is 0 Å². The number of nitrogens with one attached hydrogen (secondary N) is 1. The van der Waals surface area contributed by atoms with E-state index in [4.69, 9.17) is 0 Å². The molecule has 2 aromatic rings. The van der Waals surface area contributed by atoms with Crippen LogP contribution in [-0.4, -0.2) is 4.98 Å². The van der Waals surface area contributed by atoms with E-state index in [9.17, 15) is 4.39 Å². The first-order chi connectivity index (χ1) is 7.74. The van der Waals surface area contributed by atoms with Gasteiger partial charge >= 0.3 is 0 Å². The molecule has 2 rings (SSSR count). The van der Waals surface area contributed by atoms with E-state index in [1.54, 1.807) is 23.5 Å². The third-order valence-electron chi connectivity index (χ3n) is 2.22. The van der Waals surface area contributed by atoms with Gasteiger partial charge in [-0.25, -0.2) is 9.37 Å². The molecule has 0 fully saturated rings. The third-order valence-corrected chi connectivity index (χ3v) is 3.04. The second-order valence-corrected chi connectivity index (χ2v) is 4.65. The summed E-state index contributed by atoms with van der Waals surface area (Å²) in [4.78, 5) is 4.35. The van der Waals surface area contributed by atoms with Crippen LogP contribution in [0.25, 0.3) is 0 Å². The number of halogens is 1. The fraction of sp³-hybridized carbons (Fsp3) is 0.250. The van der Waals surface area contributed by atoms with E-state index in [-0.39, 0.29) is 5.82 Å². The fourth-order valence-electron chi connectivity index (χ4n) is 1.43. The molecule has 0 aliphatic rings. The van der Waals surface area contributed by atoms with Gasteiger partial charge in [0.2, 0.25) is 0 Å². The van der Waals surface area contributed by atoms with Crippen molar-refractivity contribution < 1.29 is 4.39 Å². The van der Waals surface area contributed by atoms with E-state index in [2.05, 4.69) is 10.3 Å². The van der Waals surface area contributed by atoms with Gasteiger partial charge in [-0.2, -0.15) is 0 Å². The number of benzene rings is 1. The second-order valence-electron chi connectivity index (χ2n) is 3.59. The Bertz CT molecular complexity index is 450. The van der Waals surface area contributed by atoms with Crippen molar-refractivity contribution in [3.8, 4) is 0 Å². The summed E-state index contributed by atoms with van der Waals surface area (Å²) in [6, 6.07) is 6.53. The van der Waals surface area contributed by atoms with Gasteiger partial charge in [0.1, 0.15) is 5.82 Å². The van der Waals surface area contributed by atoms with E-state index in [0.717, 1.165) is 29.4 Å². The zero-order chi connectivity index (χ0) is 11.4. The summed E-state index contributed by atoms with van der Waals surface area (Å²) in [6.07, 6.45) is 0. The zero-order valence-electron chi connectivity index (χ0n) is 9.03. The van der Waals surface area contributed by atoms with Crippen LogP contribution in [0, 0.1) is 12.7 Å². The Morgan fingerprint density at radius 2 is 2.00 bits per heavy atom. The number of nitrogens with zero attached hydrogens (tertiary/aromatic N) is 1. The molecular formula is C12H13FN2S. The summed E-state index contributed by atoms with van der Waals surface area (Å²) >= 11 is 1.65. The number of aryl methyl sites for hydroxylation is 1. The van der Waals surface area contributed by atoms with Crippen molar-refractivity contribution in [1.29, 1.82) is 0 Å². The smallest absolute Gasteiger partial charge is 0.123 e. The average molecular weight is 236 g/mol. The van der Waals surface area contributed by atoms with Crippen molar-refractivity contribution in [2.75, 3.05) is 0 Å². The molecule has 0 saturated carbocycles. The summed E-state index contributed by atoms with van der Waals surface area (Å²) in [7, 11) is 0. The van der Waals surface area contributed by atoms with E-state index in [1.807, 2.05) is 12.3 Å². The van der Waals surface area contributed by atoms with E-state index < -0.39 is 0 Å². The van der Waals surface area contributed by atoms with Crippen molar-refractivity contribution in [2.24, 2.45) is 0 Å². The molecule has 1 aromatic heterocycles. The van der Waals surface area contributed by atoms with Crippen LogP contribution in [-0.2, 0) is 13.1 Å². The van der Waals surface area contributed by atoms with Crippen LogP contribution >= 0.6 is 11.3 Å². The molecule has 0 saturated heterocycles. The standard InChI is InChI=1S/C12H13FN2S/c1-9-15-12(8-16-9)7-14-6-10-2-4-11(13)5-3-10/h2-5,8,14H,6-7H2,1H3. The fourth-order valence-corrected chi connectivity index (χ4v) is 2.04. The minimum Gasteiger partial charge on any atom is -0.307 e. The topological polar surface area (TPSA) is 24.9 Å². The molecule has 0 spiro atoms. The lowest BCUT2D eigenvalue weighted by Crippen LogP contribution is -2.12. The zero-order valence-corrected chi connectivity index (χ0v) is 9.85. The van der Waals surface area contributed by atoms with Crippen LogP contribution in [0.5, 0.6) is 0 Å². The van der Waals surface area contributed by atoms with Crippen LogP contribution in [0.3, 0.4) is 0 Å². The van der Waals surface area contributed by atoms with E-state index in [0.29, 0.717) is 0 Å². The molecule has 0 radical (unpaired) electrons. The lowest BCUT2D eigenvalue weighted by atomic mass is 10.2. The molecule has 0 unspecified atom stereocenters. The molecular weight excluding hydrogens is 223 g/mol. The molecule has 16 heavy (non-hydrogen) atoms. The van der Waals surface area contributed by atoms with Crippen LogP contribution in [0.1, 0.15) is 16.3 Å². The van der Waals surface area contributed by atoms with Crippen molar-refractivity contribution >= 4 is 11.3 Å². The highest BCUT2D eigenvalue weighted by atomic mass is 32.1. The lowest BCUT2D eigenvalue weighted by Gasteiger charge is -2.02. The van der Waals surface area contributed by atoms with Crippen LogP contribution < -0.4 is 5.32 Å². The maximum Gasteiger partial charge on any atom is 0.123 e. The highest BCUT2D eigenvalue weighted by Gasteiger charge is 1.98. The summed E-state index contributed by atoms with van der Waals surface area (Å²) in [6.45, 7) is 3.48. The molecule has 0 aliphatic heterocycles. The molecule has 84 valence electrons. The first-order valence-electron chi connectivity index (χ1n) is 5.10. The molecule has 0 bridgehead atoms. The van der Waals surface area contributed by atoms with Crippen molar-refractivity contribution in [3.05, 3.63) is 51.7 Å². The Kier molecular flexibility index (Phi) is 3.64. The summed E-state index contributed by atoms with van der Waals surface area (Å²) in [5, 5.41) is 6.40. The highest BCUT2D eigenvalue weighted by molar-refractivity contribution is 7.09. The predicted molar refractivity (Wildman–Crippen MR) is 63.8 cm³/mol. The Hall–Kier alpha value is -1.26. The number of hydrogen-bond donors (Lipinski definition) is 1. The average Bonchev–Trinajstić information content (AvgIpc) is 2.67. The summed E-state index contributed by atoms with van der Waals surface area (Å²) in [5.41, 5.74) is 2.14. The van der Waals surface area contributed by atoms with Crippen LogP contribution in [0.2, 0.25) is 0 Å². The maximum atomic E-state index is 12.6.